The molecule has 1 N–H and O–H groups in total. The van der Waals surface area contributed by atoms with Crippen LogP contribution in [-0.2, 0) is 4.79 Å². The van der Waals surface area contributed by atoms with Gasteiger partial charge >= 0.3 is 0 Å². The molecule has 0 unspecified atom stereocenters. The molecule has 0 saturated carbocycles. The molecule has 0 bridgehead atoms. The maximum absolute atomic E-state index is 12.9. The van der Waals surface area contributed by atoms with E-state index in [4.69, 9.17) is 0 Å². The lowest BCUT2D eigenvalue weighted by atomic mass is 9.99. The number of rotatable bonds is 3. The van der Waals surface area contributed by atoms with Gasteiger partial charge in [0.25, 0.3) is 0 Å². The van der Waals surface area contributed by atoms with Gasteiger partial charge in [-0.2, -0.15) is 5.26 Å². The lowest BCUT2D eigenvalue weighted by Crippen LogP contribution is -2.26. The van der Waals surface area contributed by atoms with E-state index in [0.29, 0.717) is 16.3 Å². The average molecular weight is 379 g/mol. The molecule has 3 aromatic rings. The third kappa shape index (κ3) is 2.87. The summed E-state index contributed by atoms with van der Waals surface area (Å²) in [5.41, 5.74) is 1.79. The van der Waals surface area contributed by atoms with Crippen LogP contribution in [0.4, 0.5) is 5.69 Å². The van der Waals surface area contributed by atoms with Crippen molar-refractivity contribution in [1.82, 2.24) is 4.98 Å². The zero-order chi connectivity index (χ0) is 18.3. The van der Waals surface area contributed by atoms with Crippen molar-refractivity contribution in [3.63, 3.8) is 0 Å². The molecule has 2 aromatic carbocycles. The van der Waals surface area contributed by atoms with E-state index in [1.54, 1.807) is 12.1 Å². The molecule has 26 heavy (non-hydrogen) atoms. The highest BCUT2D eigenvalue weighted by atomic mass is 32.2. The molecule has 2 atom stereocenters. The zero-order valence-corrected chi connectivity index (χ0v) is 15.4. The second-order valence-corrected chi connectivity index (χ2v) is 8.35. The van der Waals surface area contributed by atoms with E-state index in [2.05, 4.69) is 16.4 Å². The molecule has 1 aliphatic rings. The van der Waals surface area contributed by atoms with E-state index in [1.165, 1.54) is 23.1 Å². The molecule has 2 heterocycles. The van der Waals surface area contributed by atoms with Crippen LogP contribution in [0.3, 0.4) is 0 Å². The first-order valence-electron chi connectivity index (χ1n) is 7.97. The quantitative estimate of drug-likeness (QED) is 0.689. The van der Waals surface area contributed by atoms with Crippen LogP contribution in [0.25, 0.3) is 10.2 Å². The Hall–Kier alpha value is -2.69. The highest BCUT2D eigenvalue weighted by molar-refractivity contribution is 8.00. The van der Waals surface area contributed by atoms with Crippen molar-refractivity contribution >= 4 is 50.7 Å². The normalized spacial score (nSPS) is 17.2. The largest absolute Gasteiger partial charge is 0.324 e. The van der Waals surface area contributed by atoms with Gasteiger partial charge in [0, 0.05) is 10.5 Å². The summed E-state index contributed by atoms with van der Waals surface area (Å²) in [6.45, 7) is 1.83. The van der Waals surface area contributed by atoms with Crippen molar-refractivity contribution < 1.29 is 9.59 Å². The third-order valence-electron chi connectivity index (χ3n) is 4.14. The van der Waals surface area contributed by atoms with Crippen LogP contribution in [0.5, 0.6) is 0 Å². The Morgan fingerprint density at radius 1 is 1.31 bits per heavy atom. The number of thiazole rings is 1. The third-order valence-corrected chi connectivity index (χ3v) is 6.42. The Labute approximate surface area is 158 Å². The fourth-order valence-electron chi connectivity index (χ4n) is 2.77. The van der Waals surface area contributed by atoms with Crippen LogP contribution >= 0.6 is 23.1 Å². The smallest absolute Gasteiger partial charge is 0.237 e. The summed E-state index contributed by atoms with van der Waals surface area (Å²) >= 11 is 2.81. The standard InChI is InChI=1S/C19H13N3O2S2/c1-10-18(24)21-14-8-11(6-7-16(14)25-10)17(23)12(9-20)19-22-13-4-2-3-5-15(13)26-19/h2-8,10,12H,1H3,(H,21,24)/t10-,12-/m1/s1. The number of hydrogen-bond acceptors (Lipinski definition) is 6. The van der Waals surface area contributed by atoms with Crippen molar-refractivity contribution in [3.05, 3.63) is 53.0 Å². The molecule has 0 spiro atoms. The molecule has 4 rings (SSSR count). The minimum Gasteiger partial charge on any atom is -0.324 e. The molecule has 7 heteroatoms. The van der Waals surface area contributed by atoms with Gasteiger partial charge in [-0.25, -0.2) is 4.98 Å². The van der Waals surface area contributed by atoms with Crippen LogP contribution < -0.4 is 5.32 Å². The van der Waals surface area contributed by atoms with Gasteiger partial charge in [-0.3, -0.25) is 9.59 Å². The van der Waals surface area contributed by atoms with Crippen LogP contribution in [0.1, 0.15) is 28.2 Å². The Morgan fingerprint density at radius 3 is 2.88 bits per heavy atom. The molecule has 0 aliphatic carbocycles. The van der Waals surface area contributed by atoms with Crippen LogP contribution in [0.15, 0.2) is 47.4 Å². The maximum Gasteiger partial charge on any atom is 0.237 e. The SMILES string of the molecule is C[C@H]1Sc2ccc(C(=O)[C@@H](C#N)c3nc4ccccc4s3)cc2NC1=O. The van der Waals surface area contributed by atoms with Crippen molar-refractivity contribution in [2.45, 2.75) is 23.0 Å². The van der Waals surface area contributed by atoms with Gasteiger partial charge in [0.15, 0.2) is 11.7 Å². The topological polar surface area (TPSA) is 82.8 Å². The number of carbonyl (C=O) groups excluding carboxylic acids is 2. The highest BCUT2D eigenvalue weighted by Gasteiger charge is 2.28. The van der Waals surface area contributed by atoms with Gasteiger partial charge in [-0.1, -0.05) is 18.2 Å². The molecule has 1 aliphatic heterocycles. The van der Waals surface area contributed by atoms with Gasteiger partial charge in [0.1, 0.15) is 5.01 Å². The van der Waals surface area contributed by atoms with Gasteiger partial charge in [-0.05, 0) is 31.2 Å². The Morgan fingerprint density at radius 2 is 2.12 bits per heavy atom. The molecular formula is C19H13N3O2S2. The number of ketones is 1. The van der Waals surface area contributed by atoms with E-state index >= 15 is 0 Å². The van der Waals surface area contributed by atoms with Crippen molar-refractivity contribution in [2.24, 2.45) is 0 Å². The molecule has 0 radical (unpaired) electrons. The predicted octanol–water partition coefficient (Wildman–Crippen LogP) is 4.22. The monoisotopic (exact) mass is 379 g/mol. The number of carbonyl (C=O) groups is 2. The van der Waals surface area contributed by atoms with Crippen LogP contribution in [-0.4, -0.2) is 21.9 Å². The lowest BCUT2D eigenvalue weighted by Gasteiger charge is -2.21. The molecular weight excluding hydrogens is 366 g/mol. The molecule has 0 saturated heterocycles. The lowest BCUT2D eigenvalue weighted by molar-refractivity contribution is -0.115. The number of aromatic nitrogens is 1. The van der Waals surface area contributed by atoms with E-state index in [1.807, 2.05) is 37.3 Å². The van der Waals surface area contributed by atoms with Gasteiger partial charge in [0.05, 0.1) is 27.2 Å². The summed E-state index contributed by atoms with van der Waals surface area (Å²) < 4.78 is 0.943. The Bertz CT molecular complexity index is 1050. The molecule has 5 nitrogen and oxygen atoms in total. The molecule has 128 valence electrons. The number of nitriles is 1. The maximum atomic E-state index is 12.9. The highest BCUT2D eigenvalue weighted by Crippen LogP contribution is 2.37. The minimum atomic E-state index is -0.962. The van der Waals surface area contributed by atoms with E-state index in [-0.39, 0.29) is 16.9 Å². The van der Waals surface area contributed by atoms with E-state index in [9.17, 15) is 14.9 Å². The second-order valence-electron chi connectivity index (χ2n) is 5.91. The van der Waals surface area contributed by atoms with Gasteiger partial charge in [0.2, 0.25) is 5.91 Å². The van der Waals surface area contributed by atoms with Crippen LogP contribution in [0.2, 0.25) is 0 Å². The van der Waals surface area contributed by atoms with Gasteiger partial charge < -0.3 is 5.32 Å². The molecule has 1 amide bonds. The number of benzene rings is 2. The van der Waals surface area contributed by atoms with Crippen molar-refractivity contribution in [2.75, 3.05) is 5.32 Å². The summed E-state index contributed by atoms with van der Waals surface area (Å²) in [6.07, 6.45) is 0. The fourth-order valence-corrected chi connectivity index (χ4v) is 4.71. The summed E-state index contributed by atoms with van der Waals surface area (Å²) in [6, 6.07) is 14.8. The summed E-state index contributed by atoms with van der Waals surface area (Å²) in [4.78, 5) is 30.1. The first-order valence-corrected chi connectivity index (χ1v) is 9.67. The number of thioether (sulfide) groups is 1. The van der Waals surface area contributed by atoms with Crippen LogP contribution in [0, 0.1) is 11.3 Å². The number of Topliss-reactive ketones (excluding diaryl/α,β-unsaturated/α-hetero) is 1. The molecule has 1 aromatic heterocycles. The predicted molar refractivity (Wildman–Crippen MR) is 103 cm³/mol. The minimum absolute atomic E-state index is 0.0879. The van der Waals surface area contributed by atoms with Crippen molar-refractivity contribution in [1.29, 1.82) is 5.26 Å². The number of hydrogen-bond donors (Lipinski definition) is 1. The first kappa shape index (κ1) is 16.8. The number of fused-ring (bicyclic) bond motifs is 2. The van der Waals surface area contributed by atoms with E-state index in [0.717, 1.165) is 15.1 Å². The number of amides is 1. The Balaban J connectivity index is 1.69. The van der Waals surface area contributed by atoms with E-state index < -0.39 is 5.92 Å². The first-order chi connectivity index (χ1) is 12.6. The van der Waals surface area contributed by atoms with Crippen molar-refractivity contribution in [3.8, 4) is 6.07 Å². The van der Waals surface area contributed by atoms with Gasteiger partial charge in [-0.15, -0.1) is 23.1 Å². The number of para-hydroxylation sites is 1. The Kier molecular flexibility index (Phi) is 4.23. The number of nitrogens with zero attached hydrogens (tertiary/aromatic N) is 2. The summed E-state index contributed by atoms with van der Waals surface area (Å²) in [7, 11) is 0. The number of anilines is 1. The molecule has 0 fully saturated rings. The number of nitrogens with one attached hydrogen (secondary N) is 1. The second kappa shape index (κ2) is 6.56. The zero-order valence-electron chi connectivity index (χ0n) is 13.7. The summed E-state index contributed by atoms with van der Waals surface area (Å²) in [5.74, 6) is -1.36. The average Bonchev–Trinajstić information content (AvgIpc) is 3.06. The fraction of sp³-hybridized carbons (Fsp3) is 0.158. The summed E-state index contributed by atoms with van der Waals surface area (Å²) in [5, 5.41) is 12.7.